The summed E-state index contributed by atoms with van der Waals surface area (Å²) in [6.45, 7) is 11.0. The lowest BCUT2D eigenvalue weighted by atomic mass is 9.95. The van der Waals surface area contributed by atoms with Crippen LogP contribution in [0.3, 0.4) is 0 Å². The molecule has 0 spiro atoms. The third-order valence-corrected chi connectivity index (χ3v) is 5.61. The molecule has 34 heavy (non-hydrogen) atoms. The molecule has 0 saturated carbocycles. The molecular formula is C26H31N5O3. The number of H-pyrrole nitrogens is 1. The van der Waals surface area contributed by atoms with Crippen molar-refractivity contribution in [3.8, 4) is 22.4 Å². The summed E-state index contributed by atoms with van der Waals surface area (Å²) >= 11 is 0. The molecule has 0 aliphatic carbocycles. The van der Waals surface area contributed by atoms with E-state index in [1.54, 1.807) is 17.1 Å². The number of anilines is 1. The predicted molar refractivity (Wildman–Crippen MR) is 137 cm³/mol. The highest BCUT2D eigenvalue weighted by atomic mass is 16.5. The number of pyridine rings is 1. The first kappa shape index (κ1) is 23.0. The third-order valence-electron chi connectivity index (χ3n) is 5.61. The maximum absolute atomic E-state index is 12.8. The number of ether oxygens (including phenoxy) is 1. The average Bonchev–Trinajstić information content (AvgIpc) is 3.38. The van der Waals surface area contributed by atoms with E-state index in [0.29, 0.717) is 16.9 Å². The molecule has 3 aromatic heterocycles. The molecular weight excluding hydrogens is 430 g/mol. The van der Waals surface area contributed by atoms with Crippen LogP contribution in [0.15, 0.2) is 49.4 Å². The van der Waals surface area contributed by atoms with Crippen molar-refractivity contribution in [1.29, 1.82) is 0 Å². The van der Waals surface area contributed by atoms with Crippen LogP contribution in [0.4, 0.5) is 5.69 Å². The number of carbonyl (C=O) groups excluding carboxylic acids is 2. The Labute approximate surface area is 200 Å². The first-order valence-electron chi connectivity index (χ1n) is 10.9. The number of aryl methyl sites for hydroxylation is 3. The van der Waals surface area contributed by atoms with Crippen LogP contribution in [0.2, 0.25) is 0 Å². The van der Waals surface area contributed by atoms with Gasteiger partial charge in [0.1, 0.15) is 5.65 Å². The Morgan fingerprint density at radius 3 is 2.65 bits per heavy atom. The van der Waals surface area contributed by atoms with Crippen LogP contribution in [-0.4, -0.2) is 37.7 Å². The van der Waals surface area contributed by atoms with Gasteiger partial charge in [0.05, 0.1) is 23.6 Å². The van der Waals surface area contributed by atoms with Gasteiger partial charge < -0.3 is 15.0 Å². The van der Waals surface area contributed by atoms with Crippen LogP contribution in [-0.2, 0) is 16.6 Å². The molecule has 2 N–H and O–H groups in total. The molecule has 1 amide bonds. The van der Waals surface area contributed by atoms with Gasteiger partial charge in [-0.1, -0.05) is 18.7 Å². The Bertz CT molecular complexity index is 1440. The van der Waals surface area contributed by atoms with Crippen LogP contribution < -0.4 is 5.32 Å². The number of hydrogen-bond acceptors (Lipinski definition) is 5. The second-order valence-corrected chi connectivity index (χ2v) is 8.48. The van der Waals surface area contributed by atoms with E-state index in [9.17, 15) is 9.59 Å². The normalized spacial score (nSPS) is 11.1. The van der Waals surface area contributed by atoms with E-state index in [-0.39, 0.29) is 14.9 Å². The lowest BCUT2D eigenvalue weighted by Gasteiger charge is -2.13. The van der Waals surface area contributed by atoms with Gasteiger partial charge in [-0.15, -0.1) is 0 Å². The number of esters is 1. The van der Waals surface area contributed by atoms with Crippen molar-refractivity contribution in [3.63, 3.8) is 0 Å². The van der Waals surface area contributed by atoms with Crippen LogP contribution in [0.25, 0.3) is 33.4 Å². The Hall–Kier alpha value is -4.20. The maximum Gasteiger partial charge on any atom is 0.340 e. The fraction of sp³-hybridized carbons (Fsp3) is 0.231. The van der Waals surface area contributed by atoms with Gasteiger partial charge in [0.2, 0.25) is 5.91 Å². The number of nitrogens with zero attached hydrogens (tertiary/aromatic N) is 3. The van der Waals surface area contributed by atoms with Crippen LogP contribution in [0, 0.1) is 13.8 Å². The molecule has 0 radical (unpaired) electrons. The molecule has 0 fully saturated rings. The summed E-state index contributed by atoms with van der Waals surface area (Å²) in [5.41, 5.74) is 6.81. The number of hydrogen-bond donors (Lipinski definition) is 2. The van der Waals surface area contributed by atoms with E-state index < -0.39 is 5.97 Å². The van der Waals surface area contributed by atoms with Crippen molar-refractivity contribution in [2.45, 2.75) is 33.8 Å². The standard InChI is InChI=1S/C26H27N5O3.2H2/c1-7-21(32)29-20-10-17(9-8-15(20)4)23-22-16(5)19(26(33)34-14(2)3)12-27-25(22)30-24(23)18-11-28-31(6)13-18;;/h7-14H,1H2,2-6H3,(H,27,30)(H,29,32);2*1H. The van der Waals surface area contributed by atoms with Gasteiger partial charge in [-0.2, -0.15) is 5.10 Å². The first-order valence-corrected chi connectivity index (χ1v) is 10.9. The molecule has 8 heteroatoms. The van der Waals surface area contributed by atoms with E-state index in [2.05, 4.69) is 27.0 Å². The second-order valence-electron chi connectivity index (χ2n) is 8.48. The number of nitrogens with one attached hydrogen (secondary N) is 2. The van der Waals surface area contributed by atoms with Crippen LogP contribution >= 0.6 is 0 Å². The Balaban J connectivity index is 0.00000228. The number of amides is 1. The van der Waals surface area contributed by atoms with E-state index in [0.717, 1.165) is 38.9 Å². The SMILES string of the molecule is C=CC(=O)Nc1cc(-c2c(-c3cnn(C)c3)[nH]c3ncc(C(=O)OC(C)C)c(C)c23)ccc1C.[HH].[HH]. The Kier molecular flexibility index (Phi) is 6.06. The molecule has 4 aromatic rings. The topological polar surface area (TPSA) is 102 Å². The second kappa shape index (κ2) is 8.97. The van der Waals surface area contributed by atoms with Crippen molar-refractivity contribution in [3.05, 3.63) is 66.1 Å². The summed E-state index contributed by atoms with van der Waals surface area (Å²) in [4.78, 5) is 32.7. The molecule has 0 aliphatic heterocycles. The van der Waals surface area contributed by atoms with Gasteiger partial charge in [0, 0.05) is 44.5 Å². The summed E-state index contributed by atoms with van der Waals surface area (Å²) in [7, 11) is 1.85. The Morgan fingerprint density at radius 1 is 1.24 bits per heavy atom. The highest BCUT2D eigenvalue weighted by molar-refractivity contribution is 6.08. The zero-order valence-corrected chi connectivity index (χ0v) is 19.9. The third kappa shape index (κ3) is 4.22. The first-order chi connectivity index (χ1) is 16.2. The van der Waals surface area contributed by atoms with Crippen molar-refractivity contribution in [1.82, 2.24) is 19.7 Å². The predicted octanol–water partition coefficient (Wildman–Crippen LogP) is 5.43. The number of aromatic amines is 1. The lowest BCUT2D eigenvalue weighted by molar-refractivity contribution is -0.111. The largest absolute Gasteiger partial charge is 0.459 e. The lowest BCUT2D eigenvalue weighted by Crippen LogP contribution is -2.13. The number of aromatic nitrogens is 4. The zero-order valence-electron chi connectivity index (χ0n) is 19.9. The van der Waals surface area contributed by atoms with Crippen molar-refractivity contribution in [2.75, 3.05) is 5.32 Å². The number of fused-ring (bicyclic) bond motifs is 1. The van der Waals surface area contributed by atoms with Crippen molar-refractivity contribution < 1.29 is 17.2 Å². The fourth-order valence-electron chi connectivity index (χ4n) is 3.94. The summed E-state index contributed by atoms with van der Waals surface area (Å²) < 4.78 is 7.16. The minimum atomic E-state index is -0.417. The molecule has 0 aliphatic rings. The molecule has 0 bridgehead atoms. The molecule has 0 atom stereocenters. The Morgan fingerprint density at radius 2 is 2.00 bits per heavy atom. The van der Waals surface area contributed by atoms with Gasteiger partial charge in [-0.3, -0.25) is 9.48 Å². The number of carbonyl (C=O) groups is 2. The van der Waals surface area contributed by atoms with Gasteiger partial charge in [0.15, 0.2) is 0 Å². The molecule has 3 heterocycles. The van der Waals surface area contributed by atoms with E-state index in [1.807, 2.05) is 59.1 Å². The van der Waals surface area contributed by atoms with Gasteiger partial charge in [-0.05, 0) is 56.5 Å². The minimum Gasteiger partial charge on any atom is -0.459 e. The monoisotopic (exact) mass is 461 g/mol. The molecule has 0 saturated heterocycles. The maximum atomic E-state index is 12.8. The molecule has 0 unspecified atom stereocenters. The number of benzene rings is 1. The van der Waals surface area contributed by atoms with Crippen LogP contribution in [0.5, 0.6) is 0 Å². The zero-order chi connectivity index (χ0) is 24.6. The van der Waals surface area contributed by atoms with Crippen molar-refractivity contribution in [2.24, 2.45) is 7.05 Å². The van der Waals surface area contributed by atoms with Crippen molar-refractivity contribution >= 4 is 28.6 Å². The highest BCUT2D eigenvalue weighted by Crippen LogP contribution is 2.41. The average molecular weight is 462 g/mol. The van der Waals surface area contributed by atoms with Gasteiger partial charge in [-0.25, -0.2) is 9.78 Å². The van der Waals surface area contributed by atoms with Gasteiger partial charge in [0.25, 0.3) is 0 Å². The molecule has 4 rings (SSSR count). The van der Waals surface area contributed by atoms with Gasteiger partial charge >= 0.3 is 5.97 Å². The quantitative estimate of drug-likeness (QED) is 0.294. The molecule has 1 aromatic carbocycles. The smallest absolute Gasteiger partial charge is 0.340 e. The van der Waals surface area contributed by atoms with E-state index >= 15 is 0 Å². The molecule has 178 valence electrons. The van der Waals surface area contributed by atoms with E-state index in [1.165, 1.54) is 6.08 Å². The minimum absolute atomic E-state index is 0. The summed E-state index contributed by atoms with van der Waals surface area (Å²) in [6.07, 6.45) is 6.21. The molecule has 8 nitrogen and oxygen atoms in total. The summed E-state index contributed by atoms with van der Waals surface area (Å²) in [5, 5.41) is 7.99. The van der Waals surface area contributed by atoms with Crippen LogP contribution in [0.1, 0.15) is 38.2 Å². The number of rotatable bonds is 6. The van der Waals surface area contributed by atoms with E-state index in [4.69, 9.17) is 4.74 Å². The summed E-state index contributed by atoms with van der Waals surface area (Å²) in [5.74, 6) is -0.706. The highest BCUT2D eigenvalue weighted by Gasteiger charge is 2.23. The fourth-order valence-corrected chi connectivity index (χ4v) is 3.94. The summed E-state index contributed by atoms with van der Waals surface area (Å²) in [6, 6.07) is 5.84.